The fourth-order valence-corrected chi connectivity index (χ4v) is 1.83. The highest BCUT2D eigenvalue weighted by atomic mass is 15.2. The van der Waals surface area contributed by atoms with Crippen LogP contribution in [0.4, 0.5) is 5.82 Å². The van der Waals surface area contributed by atoms with E-state index in [-0.39, 0.29) is 0 Å². The van der Waals surface area contributed by atoms with Crippen molar-refractivity contribution in [3.8, 4) is 0 Å². The van der Waals surface area contributed by atoms with E-state index in [1.54, 1.807) is 0 Å². The molecule has 0 saturated heterocycles. The Bertz CT molecular complexity index is 334. The third-order valence-corrected chi connectivity index (χ3v) is 3.01. The summed E-state index contributed by atoms with van der Waals surface area (Å²) < 4.78 is 0. The Labute approximate surface area is 97.9 Å². The second kappa shape index (κ2) is 5.30. The Morgan fingerprint density at radius 3 is 3.00 bits per heavy atom. The van der Waals surface area contributed by atoms with Gasteiger partial charge in [0.2, 0.25) is 0 Å². The number of anilines is 1. The van der Waals surface area contributed by atoms with Gasteiger partial charge in [0.05, 0.1) is 0 Å². The van der Waals surface area contributed by atoms with E-state index in [4.69, 9.17) is 0 Å². The highest BCUT2D eigenvalue weighted by Gasteiger charge is 2.23. The molecule has 3 nitrogen and oxygen atoms in total. The molecular formula is C13H21N3. The van der Waals surface area contributed by atoms with Gasteiger partial charge in [-0.25, -0.2) is 4.98 Å². The number of nitrogens with one attached hydrogen (secondary N) is 1. The summed E-state index contributed by atoms with van der Waals surface area (Å²) in [6.45, 7) is 5.22. The summed E-state index contributed by atoms with van der Waals surface area (Å²) in [6.07, 6.45) is 4.69. The lowest BCUT2D eigenvalue weighted by Crippen LogP contribution is -2.21. The van der Waals surface area contributed by atoms with Crippen LogP contribution in [-0.4, -0.2) is 25.1 Å². The molecule has 0 aliphatic heterocycles. The monoisotopic (exact) mass is 219 g/mol. The molecule has 0 unspecified atom stereocenters. The van der Waals surface area contributed by atoms with Gasteiger partial charge in [-0.05, 0) is 43.0 Å². The van der Waals surface area contributed by atoms with Crippen LogP contribution < -0.4 is 10.2 Å². The summed E-state index contributed by atoms with van der Waals surface area (Å²) in [5.41, 5.74) is 1.31. The minimum atomic E-state index is 0.907. The van der Waals surface area contributed by atoms with Crippen LogP contribution in [0.3, 0.4) is 0 Å². The summed E-state index contributed by atoms with van der Waals surface area (Å²) >= 11 is 0. The van der Waals surface area contributed by atoms with Crippen LogP contribution in [0, 0.1) is 5.92 Å². The first-order valence-electron chi connectivity index (χ1n) is 6.16. The molecule has 16 heavy (non-hydrogen) atoms. The molecule has 2 rings (SSSR count). The molecular weight excluding hydrogens is 198 g/mol. The third kappa shape index (κ3) is 3.20. The van der Waals surface area contributed by atoms with E-state index >= 15 is 0 Å². The predicted molar refractivity (Wildman–Crippen MR) is 67.6 cm³/mol. The number of aromatic nitrogens is 1. The average molecular weight is 219 g/mol. The van der Waals surface area contributed by atoms with Gasteiger partial charge >= 0.3 is 0 Å². The maximum Gasteiger partial charge on any atom is 0.128 e. The zero-order chi connectivity index (χ0) is 11.4. The van der Waals surface area contributed by atoms with Crippen LogP contribution in [0.2, 0.25) is 0 Å². The Morgan fingerprint density at radius 1 is 1.50 bits per heavy atom. The minimum Gasteiger partial charge on any atom is -0.359 e. The van der Waals surface area contributed by atoms with Gasteiger partial charge in [0.1, 0.15) is 5.82 Å². The number of pyridine rings is 1. The summed E-state index contributed by atoms with van der Waals surface area (Å²) in [5, 5.41) is 3.34. The van der Waals surface area contributed by atoms with Crippen molar-refractivity contribution in [2.24, 2.45) is 5.92 Å². The molecule has 1 saturated carbocycles. The van der Waals surface area contributed by atoms with Gasteiger partial charge in [0.25, 0.3) is 0 Å². The molecule has 1 aliphatic rings. The highest BCUT2D eigenvalue weighted by Crippen LogP contribution is 2.30. The van der Waals surface area contributed by atoms with Crippen LogP contribution in [0.5, 0.6) is 0 Å². The fraction of sp³-hybridized carbons (Fsp3) is 0.615. The van der Waals surface area contributed by atoms with Crippen molar-refractivity contribution >= 4 is 5.82 Å². The lowest BCUT2D eigenvalue weighted by Gasteiger charge is -2.18. The summed E-state index contributed by atoms with van der Waals surface area (Å²) in [7, 11) is 2.14. The third-order valence-electron chi connectivity index (χ3n) is 3.01. The molecule has 1 fully saturated rings. The normalized spacial score (nSPS) is 15.1. The molecule has 0 spiro atoms. The van der Waals surface area contributed by atoms with E-state index in [2.05, 4.69) is 41.3 Å². The first-order chi connectivity index (χ1) is 7.79. The molecule has 1 N–H and O–H groups in total. The van der Waals surface area contributed by atoms with Crippen molar-refractivity contribution in [1.82, 2.24) is 10.3 Å². The molecule has 0 aromatic carbocycles. The van der Waals surface area contributed by atoms with Gasteiger partial charge in [-0.1, -0.05) is 6.92 Å². The van der Waals surface area contributed by atoms with E-state index in [0.717, 1.165) is 31.4 Å². The molecule has 0 amide bonds. The first kappa shape index (κ1) is 11.4. The van der Waals surface area contributed by atoms with Crippen molar-refractivity contribution in [2.45, 2.75) is 26.3 Å². The molecule has 1 aromatic rings. The number of hydrogen-bond acceptors (Lipinski definition) is 3. The Kier molecular flexibility index (Phi) is 3.78. The SMILES string of the molecule is CCNCc1ccnc(N(C)CC2CC2)c1. The summed E-state index contributed by atoms with van der Waals surface area (Å²) in [4.78, 5) is 6.70. The number of hydrogen-bond donors (Lipinski definition) is 1. The zero-order valence-corrected chi connectivity index (χ0v) is 10.2. The van der Waals surface area contributed by atoms with E-state index in [1.165, 1.54) is 18.4 Å². The second-order valence-electron chi connectivity index (χ2n) is 4.63. The molecule has 0 bridgehead atoms. The van der Waals surface area contributed by atoms with Gasteiger partial charge < -0.3 is 10.2 Å². The lowest BCUT2D eigenvalue weighted by molar-refractivity contribution is 0.723. The Morgan fingerprint density at radius 2 is 2.31 bits per heavy atom. The van der Waals surface area contributed by atoms with Crippen molar-refractivity contribution in [3.63, 3.8) is 0 Å². The minimum absolute atomic E-state index is 0.907. The smallest absolute Gasteiger partial charge is 0.128 e. The van der Waals surface area contributed by atoms with E-state index in [9.17, 15) is 0 Å². The molecule has 88 valence electrons. The van der Waals surface area contributed by atoms with E-state index in [0.29, 0.717) is 0 Å². The fourth-order valence-electron chi connectivity index (χ4n) is 1.83. The van der Waals surface area contributed by atoms with Gasteiger partial charge in [0.15, 0.2) is 0 Å². The Hall–Kier alpha value is -1.09. The van der Waals surface area contributed by atoms with Crippen LogP contribution in [0.1, 0.15) is 25.3 Å². The highest BCUT2D eigenvalue weighted by molar-refractivity contribution is 5.40. The molecule has 1 aliphatic carbocycles. The van der Waals surface area contributed by atoms with E-state index < -0.39 is 0 Å². The largest absolute Gasteiger partial charge is 0.359 e. The average Bonchev–Trinajstić information content (AvgIpc) is 3.10. The molecule has 3 heteroatoms. The van der Waals surface area contributed by atoms with Gasteiger partial charge in [-0.3, -0.25) is 0 Å². The topological polar surface area (TPSA) is 28.2 Å². The van der Waals surface area contributed by atoms with Gasteiger partial charge in [-0.15, -0.1) is 0 Å². The van der Waals surface area contributed by atoms with Crippen molar-refractivity contribution in [3.05, 3.63) is 23.9 Å². The van der Waals surface area contributed by atoms with Crippen LogP contribution in [0.25, 0.3) is 0 Å². The standard InChI is InChI=1S/C13H21N3/c1-3-14-9-12-6-7-15-13(8-12)16(2)10-11-4-5-11/h6-8,11,14H,3-5,9-10H2,1-2H3. The molecule has 0 atom stereocenters. The summed E-state index contributed by atoms with van der Waals surface area (Å²) in [6, 6.07) is 4.27. The number of rotatable bonds is 6. The first-order valence-corrected chi connectivity index (χ1v) is 6.16. The maximum atomic E-state index is 4.43. The number of nitrogens with zero attached hydrogens (tertiary/aromatic N) is 2. The maximum absolute atomic E-state index is 4.43. The van der Waals surface area contributed by atoms with Crippen LogP contribution in [-0.2, 0) is 6.54 Å². The predicted octanol–water partition coefficient (Wildman–Crippen LogP) is 2.04. The van der Waals surface area contributed by atoms with Crippen molar-refractivity contribution in [1.29, 1.82) is 0 Å². The van der Waals surface area contributed by atoms with Crippen LogP contribution >= 0.6 is 0 Å². The van der Waals surface area contributed by atoms with Gasteiger partial charge in [0, 0.05) is 26.3 Å². The molecule has 0 radical (unpaired) electrons. The van der Waals surface area contributed by atoms with Gasteiger partial charge in [-0.2, -0.15) is 0 Å². The second-order valence-corrected chi connectivity index (χ2v) is 4.63. The summed E-state index contributed by atoms with van der Waals surface area (Å²) in [5.74, 6) is 2.01. The molecule has 1 aromatic heterocycles. The van der Waals surface area contributed by atoms with E-state index in [1.807, 2.05) is 6.20 Å². The zero-order valence-electron chi connectivity index (χ0n) is 10.2. The quantitative estimate of drug-likeness (QED) is 0.793. The van der Waals surface area contributed by atoms with Crippen LogP contribution in [0.15, 0.2) is 18.3 Å². The molecule has 1 heterocycles. The Balaban J connectivity index is 1.96. The van der Waals surface area contributed by atoms with Crippen molar-refractivity contribution in [2.75, 3.05) is 25.0 Å². The lowest BCUT2D eigenvalue weighted by atomic mass is 10.2. The van der Waals surface area contributed by atoms with Crippen molar-refractivity contribution < 1.29 is 0 Å².